The molecule has 0 aliphatic heterocycles. The van der Waals surface area contributed by atoms with Crippen LogP contribution in [0.5, 0.6) is 0 Å². The summed E-state index contributed by atoms with van der Waals surface area (Å²) in [5.74, 6) is 7.74. The molecular weight excluding hydrogens is 239 g/mol. The molecule has 2 nitrogen and oxygen atoms in total. The Labute approximate surface area is 114 Å². The minimum absolute atomic E-state index is 0.0316. The Bertz CT molecular complexity index is 463. The van der Waals surface area contributed by atoms with Crippen molar-refractivity contribution in [2.75, 3.05) is 0 Å². The second kappa shape index (κ2) is 4.88. The summed E-state index contributed by atoms with van der Waals surface area (Å²) in [6.45, 7) is 3.92. The van der Waals surface area contributed by atoms with Crippen LogP contribution in [0.25, 0.3) is 0 Å². The van der Waals surface area contributed by atoms with Crippen molar-refractivity contribution in [3.8, 4) is 0 Å². The number of fused-ring (bicyclic) bond motifs is 2. The first-order chi connectivity index (χ1) is 9.10. The van der Waals surface area contributed by atoms with Gasteiger partial charge >= 0.3 is 0 Å². The van der Waals surface area contributed by atoms with Crippen molar-refractivity contribution in [3.05, 3.63) is 34.6 Å². The summed E-state index contributed by atoms with van der Waals surface area (Å²) >= 11 is 0. The lowest BCUT2D eigenvalue weighted by Gasteiger charge is -2.31. The predicted molar refractivity (Wildman–Crippen MR) is 74.9 cm³/mol. The van der Waals surface area contributed by atoms with Crippen LogP contribution in [0.3, 0.4) is 0 Å². The molecule has 0 aromatic heterocycles. The van der Waals surface area contributed by atoms with Crippen LogP contribution in [-0.2, 0) is 0 Å². The molecule has 0 amide bonds. The van der Waals surface area contributed by atoms with Gasteiger partial charge in [-0.15, -0.1) is 0 Å². The van der Waals surface area contributed by atoms with Gasteiger partial charge in [-0.05, 0) is 68.1 Å². The zero-order chi connectivity index (χ0) is 13.6. The first kappa shape index (κ1) is 13.1. The average molecular weight is 262 g/mol. The molecular formula is C16H23FN2. The first-order valence-electron chi connectivity index (χ1n) is 7.33. The van der Waals surface area contributed by atoms with Crippen molar-refractivity contribution in [2.45, 2.75) is 45.6 Å². The van der Waals surface area contributed by atoms with Crippen molar-refractivity contribution in [2.24, 2.45) is 23.6 Å². The monoisotopic (exact) mass is 262 g/mol. The number of hydrazine groups is 1. The Morgan fingerprint density at radius 1 is 1.26 bits per heavy atom. The Hall–Kier alpha value is -0.930. The van der Waals surface area contributed by atoms with Crippen LogP contribution < -0.4 is 11.3 Å². The summed E-state index contributed by atoms with van der Waals surface area (Å²) in [5, 5.41) is 0. The maximum atomic E-state index is 14.3. The molecule has 4 atom stereocenters. The van der Waals surface area contributed by atoms with Crippen LogP contribution in [-0.4, -0.2) is 0 Å². The Kier molecular flexibility index (Phi) is 3.35. The number of benzene rings is 1. The fourth-order valence-corrected chi connectivity index (χ4v) is 4.44. The Morgan fingerprint density at radius 3 is 2.58 bits per heavy atom. The first-order valence-corrected chi connectivity index (χ1v) is 7.33. The van der Waals surface area contributed by atoms with E-state index in [1.165, 1.54) is 25.7 Å². The molecule has 3 rings (SSSR count). The lowest BCUT2D eigenvalue weighted by atomic mass is 9.79. The van der Waals surface area contributed by atoms with E-state index in [0.29, 0.717) is 5.92 Å². The molecule has 2 bridgehead atoms. The van der Waals surface area contributed by atoms with E-state index in [1.807, 2.05) is 13.8 Å². The van der Waals surface area contributed by atoms with Crippen molar-refractivity contribution in [1.82, 2.24) is 5.43 Å². The van der Waals surface area contributed by atoms with E-state index in [0.717, 1.165) is 28.5 Å². The van der Waals surface area contributed by atoms with Crippen LogP contribution >= 0.6 is 0 Å². The average Bonchev–Trinajstić information content (AvgIpc) is 2.95. The van der Waals surface area contributed by atoms with Gasteiger partial charge in [-0.3, -0.25) is 11.3 Å². The van der Waals surface area contributed by atoms with E-state index >= 15 is 0 Å². The molecule has 4 unspecified atom stereocenters. The van der Waals surface area contributed by atoms with E-state index in [-0.39, 0.29) is 11.9 Å². The molecule has 3 heteroatoms. The molecule has 2 aliphatic carbocycles. The minimum Gasteiger partial charge on any atom is -0.271 e. The number of hydrogen-bond acceptors (Lipinski definition) is 2. The van der Waals surface area contributed by atoms with Gasteiger partial charge in [0.1, 0.15) is 5.82 Å². The van der Waals surface area contributed by atoms with E-state index in [4.69, 9.17) is 5.84 Å². The largest absolute Gasteiger partial charge is 0.271 e. The van der Waals surface area contributed by atoms with Crippen LogP contribution in [0.4, 0.5) is 4.39 Å². The topological polar surface area (TPSA) is 38.0 Å². The van der Waals surface area contributed by atoms with Gasteiger partial charge in [0.05, 0.1) is 6.04 Å². The maximum Gasteiger partial charge on any atom is 0.128 e. The lowest BCUT2D eigenvalue weighted by molar-refractivity contribution is 0.247. The maximum absolute atomic E-state index is 14.3. The predicted octanol–water partition coefficient (Wildman–Crippen LogP) is 3.38. The summed E-state index contributed by atoms with van der Waals surface area (Å²) < 4.78 is 14.3. The van der Waals surface area contributed by atoms with Crippen LogP contribution in [0.2, 0.25) is 0 Å². The molecule has 0 radical (unpaired) electrons. The molecule has 2 saturated carbocycles. The van der Waals surface area contributed by atoms with Crippen molar-refractivity contribution in [1.29, 1.82) is 0 Å². The van der Waals surface area contributed by atoms with Crippen molar-refractivity contribution in [3.63, 3.8) is 0 Å². The van der Waals surface area contributed by atoms with Gasteiger partial charge in [0.15, 0.2) is 0 Å². The second-order valence-corrected chi connectivity index (χ2v) is 6.46. The van der Waals surface area contributed by atoms with Gasteiger partial charge in [0, 0.05) is 5.56 Å². The van der Waals surface area contributed by atoms with Crippen molar-refractivity contribution >= 4 is 0 Å². The molecule has 1 aromatic carbocycles. The van der Waals surface area contributed by atoms with Gasteiger partial charge in [-0.25, -0.2) is 4.39 Å². The minimum atomic E-state index is -0.108. The highest BCUT2D eigenvalue weighted by atomic mass is 19.1. The van der Waals surface area contributed by atoms with E-state index in [1.54, 1.807) is 6.07 Å². The van der Waals surface area contributed by atoms with E-state index < -0.39 is 0 Å². The third kappa shape index (κ3) is 2.19. The van der Waals surface area contributed by atoms with Gasteiger partial charge in [0.2, 0.25) is 0 Å². The summed E-state index contributed by atoms with van der Waals surface area (Å²) in [7, 11) is 0. The summed E-state index contributed by atoms with van der Waals surface area (Å²) in [4.78, 5) is 0. The molecule has 104 valence electrons. The Balaban J connectivity index is 1.95. The summed E-state index contributed by atoms with van der Waals surface area (Å²) in [6.07, 6.45) is 5.16. The smallest absolute Gasteiger partial charge is 0.128 e. The van der Waals surface area contributed by atoms with Crippen molar-refractivity contribution < 1.29 is 4.39 Å². The standard InChI is InChI=1S/C16H23FN2/c1-9-5-10(2)15(14(17)6-9)16(19-18)13-8-11-3-4-12(13)7-11/h5-6,11-13,16,19H,3-4,7-8,18H2,1-2H3. The third-order valence-corrected chi connectivity index (χ3v) is 5.19. The molecule has 0 heterocycles. The van der Waals surface area contributed by atoms with E-state index in [9.17, 15) is 4.39 Å². The number of halogens is 1. The third-order valence-electron chi connectivity index (χ3n) is 5.19. The van der Waals surface area contributed by atoms with Crippen LogP contribution in [0.1, 0.15) is 48.4 Å². The van der Waals surface area contributed by atoms with Gasteiger partial charge < -0.3 is 0 Å². The molecule has 0 saturated heterocycles. The highest BCUT2D eigenvalue weighted by Gasteiger charge is 2.44. The lowest BCUT2D eigenvalue weighted by Crippen LogP contribution is -2.37. The number of nitrogens with one attached hydrogen (secondary N) is 1. The summed E-state index contributed by atoms with van der Waals surface area (Å²) in [5.41, 5.74) is 5.68. The molecule has 19 heavy (non-hydrogen) atoms. The molecule has 0 spiro atoms. The molecule has 2 aliphatic rings. The Morgan fingerprint density at radius 2 is 2.05 bits per heavy atom. The fourth-order valence-electron chi connectivity index (χ4n) is 4.44. The molecule has 3 N–H and O–H groups in total. The fraction of sp³-hybridized carbons (Fsp3) is 0.625. The SMILES string of the molecule is Cc1cc(C)c(C(NN)C2CC3CCC2C3)c(F)c1. The zero-order valence-electron chi connectivity index (χ0n) is 11.7. The van der Waals surface area contributed by atoms with Gasteiger partial charge in [-0.1, -0.05) is 12.5 Å². The van der Waals surface area contributed by atoms with Gasteiger partial charge in [0.25, 0.3) is 0 Å². The van der Waals surface area contributed by atoms with E-state index in [2.05, 4.69) is 11.5 Å². The number of aryl methyl sites for hydroxylation is 2. The van der Waals surface area contributed by atoms with Crippen LogP contribution in [0.15, 0.2) is 12.1 Å². The molecule has 2 fully saturated rings. The normalized spacial score (nSPS) is 30.8. The zero-order valence-corrected chi connectivity index (χ0v) is 11.7. The molecule has 1 aromatic rings. The highest BCUT2D eigenvalue weighted by Crippen LogP contribution is 2.52. The number of nitrogens with two attached hydrogens (primary N) is 1. The quantitative estimate of drug-likeness (QED) is 0.647. The number of rotatable bonds is 3. The summed E-state index contributed by atoms with van der Waals surface area (Å²) in [6, 6.07) is 3.64. The number of hydrogen-bond donors (Lipinski definition) is 2. The second-order valence-electron chi connectivity index (χ2n) is 6.46. The van der Waals surface area contributed by atoms with Gasteiger partial charge in [-0.2, -0.15) is 0 Å². The highest BCUT2D eigenvalue weighted by molar-refractivity contribution is 5.35. The van der Waals surface area contributed by atoms with Crippen LogP contribution in [0, 0.1) is 37.4 Å².